The largest absolute Gasteiger partial charge is 0.360 e. The van der Waals surface area contributed by atoms with Gasteiger partial charge in [0.2, 0.25) is 5.91 Å². The molecular formula is C15H17N3O. The van der Waals surface area contributed by atoms with Crippen LogP contribution in [-0.2, 0) is 11.2 Å². The Hall–Kier alpha value is -2.10. The number of benzene rings is 1. The van der Waals surface area contributed by atoms with E-state index in [4.69, 9.17) is 0 Å². The molecule has 0 radical (unpaired) electrons. The Morgan fingerprint density at radius 3 is 3.11 bits per heavy atom. The van der Waals surface area contributed by atoms with Crippen molar-refractivity contribution in [3.05, 3.63) is 35.5 Å². The number of aromatic amines is 1. The highest BCUT2D eigenvalue weighted by Crippen LogP contribution is 2.28. The number of nitrogens with one attached hydrogen (secondary N) is 2. The fourth-order valence-corrected chi connectivity index (χ4v) is 2.24. The van der Waals surface area contributed by atoms with Crippen molar-refractivity contribution in [2.75, 3.05) is 0 Å². The highest BCUT2D eigenvalue weighted by atomic mass is 16.2. The number of rotatable bonds is 4. The Labute approximate surface area is 111 Å². The van der Waals surface area contributed by atoms with E-state index in [0.29, 0.717) is 0 Å². The fraction of sp³-hybridized carbons (Fsp3) is 0.333. The van der Waals surface area contributed by atoms with Crippen molar-refractivity contribution in [1.82, 2.24) is 10.4 Å². The van der Waals surface area contributed by atoms with Crippen molar-refractivity contribution >= 4 is 23.0 Å². The molecule has 1 amide bonds. The standard InChI is InChI=1S/C15H17N3O/c1-2-10-4-3-5-13-12(8-16-14(10)13)9-17-18-15(19)11-6-7-11/h3-5,8-9,11,16H,2,6-7H2,1H3,(H,18,19). The predicted octanol–water partition coefficient (Wildman–Crippen LogP) is 2.59. The summed E-state index contributed by atoms with van der Waals surface area (Å²) in [5.74, 6) is 0.220. The van der Waals surface area contributed by atoms with Crippen LogP contribution in [0, 0.1) is 5.92 Å². The van der Waals surface area contributed by atoms with Crippen LogP contribution in [0.2, 0.25) is 0 Å². The summed E-state index contributed by atoms with van der Waals surface area (Å²) in [7, 11) is 0. The maximum Gasteiger partial charge on any atom is 0.243 e. The van der Waals surface area contributed by atoms with E-state index in [1.807, 2.05) is 6.20 Å². The third kappa shape index (κ3) is 2.38. The number of aryl methyl sites for hydroxylation is 1. The minimum Gasteiger partial charge on any atom is -0.360 e. The lowest BCUT2D eigenvalue weighted by Gasteiger charge is -1.99. The van der Waals surface area contributed by atoms with Crippen LogP contribution in [0.1, 0.15) is 30.9 Å². The van der Waals surface area contributed by atoms with Gasteiger partial charge in [-0.05, 0) is 24.8 Å². The summed E-state index contributed by atoms with van der Waals surface area (Å²) in [4.78, 5) is 14.7. The molecule has 0 saturated heterocycles. The molecule has 0 atom stereocenters. The summed E-state index contributed by atoms with van der Waals surface area (Å²) < 4.78 is 0. The first-order chi connectivity index (χ1) is 9.29. The molecule has 1 aliphatic carbocycles. The summed E-state index contributed by atoms with van der Waals surface area (Å²) >= 11 is 0. The summed E-state index contributed by atoms with van der Waals surface area (Å²) in [6, 6.07) is 6.23. The monoisotopic (exact) mass is 255 g/mol. The summed E-state index contributed by atoms with van der Waals surface area (Å²) in [5.41, 5.74) is 6.04. The Morgan fingerprint density at radius 2 is 2.37 bits per heavy atom. The molecular weight excluding hydrogens is 238 g/mol. The van der Waals surface area contributed by atoms with E-state index >= 15 is 0 Å². The third-order valence-electron chi connectivity index (χ3n) is 3.54. The summed E-state index contributed by atoms with van der Waals surface area (Å²) in [5, 5.41) is 5.18. The molecule has 1 fully saturated rings. The number of hydrogen-bond acceptors (Lipinski definition) is 2. The molecule has 0 aliphatic heterocycles. The molecule has 1 aliphatic rings. The zero-order valence-corrected chi connectivity index (χ0v) is 10.9. The normalized spacial score (nSPS) is 15.2. The van der Waals surface area contributed by atoms with E-state index in [1.54, 1.807) is 6.21 Å². The number of hydrazone groups is 1. The van der Waals surface area contributed by atoms with Gasteiger partial charge < -0.3 is 4.98 Å². The lowest BCUT2D eigenvalue weighted by atomic mass is 10.1. The van der Waals surface area contributed by atoms with Crippen LogP contribution in [0.25, 0.3) is 10.9 Å². The number of hydrogen-bond donors (Lipinski definition) is 2. The van der Waals surface area contributed by atoms with Gasteiger partial charge in [-0.3, -0.25) is 4.79 Å². The SMILES string of the molecule is CCc1cccc2c(C=NNC(=O)C3CC3)c[nH]c12. The van der Waals surface area contributed by atoms with Crippen LogP contribution in [0.15, 0.2) is 29.5 Å². The van der Waals surface area contributed by atoms with Gasteiger partial charge in [-0.15, -0.1) is 0 Å². The van der Waals surface area contributed by atoms with Gasteiger partial charge in [0.25, 0.3) is 0 Å². The number of amides is 1. The fourth-order valence-electron chi connectivity index (χ4n) is 2.24. The molecule has 0 bridgehead atoms. The smallest absolute Gasteiger partial charge is 0.243 e. The van der Waals surface area contributed by atoms with Gasteiger partial charge in [0.1, 0.15) is 0 Å². The van der Waals surface area contributed by atoms with E-state index in [0.717, 1.165) is 35.7 Å². The topological polar surface area (TPSA) is 57.2 Å². The van der Waals surface area contributed by atoms with E-state index in [2.05, 4.69) is 40.6 Å². The number of carbonyl (C=O) groups excluding carboxylic acids is 1. The van der Waals surface area contributed by atoms with Crippen molar-refractivity contribution in [2.45, 2.75) is 26.2 Å². The molecule has 1 aromatic carbocycles. The van der Waals surface area contributed by atoms with Gasteiger partial charge in [-0.1, -0.05) is 25.1 Å². The van der Waals surface area contributed by atoms with Gasteiger partial charge in [0.15, 0.2) is 0 Å². The minimum atomic E-state index is 0.0327. The number of aromatic nitrogens is 1. The molecule has 2 N–H and O–H groups in total. The van der Waals surface area contributed by atoms with Crippen molar-refractivity contribution in [3.63, 3.8) is 0 Å². The summed E-state index contributed by atoms with van der Waals surface area (Å²) in [6.07, 6.45) is 6.62. The first-order valence-corrected chi connectivity index (χ1v) is 6.71. The van der Waals surface area contributed by atoms with Gasteiger partial charge in [-0.2, -0.15) is 5.10 Å². The second-order valence-corrected chi connectivity index (χ2v) is 4.95. The lowest BCUT2D eigenvalue weighted by molar-refractivity contribution is -0.122. The number of carbonyl (C=O) groups is 1. The Balaban J connectivity index is 1.80. The van der Waals surface area contributed by atoms with Crippen LogP contribution in [-0.4, -0.2) is 17.1 Å². The van der Waals surface area contributed by atoms with Crippen LogP contribution in [0.5, 0.6) is 0 Å². The van der Waals surface area contributed by atoms with Crippen molar-refractivity contribution in [3.8, 4) is 0 Å². The molecule has 4 nitrogen and oxygen atoms in total. The van der Waals surface area contributed by atoms with E-state index in [-0.39, 0.29) is 11.8 Å². The maximum absolute atomic E-state index is 11.5. The number of H-pyrrole nitrogens is 1. The lowest BCUT2D eigenvalue weighted by Crippen LogP contribution is -2.18. The van der Waals surface area contributed by atoms with Gasteiger partial charge >= 0.3 is 0 Å². The van der Waals surface area contributed by atoms with Crippen molar-refractivity contribution < 1.29 is 4.79 Å². The highest BCUT2D eigenvalue weighted by Gasteiger charge is 2.29. The first-order valence-electron chi connectivity index (χ1n) is 6.71. The Bertz CT molecular complexity index is 638. The number of para-hydroxylation sites is 1. The molecule has 1 saturated carbocycles. The van der Waals surface area contributed by atoms with Crippen molar-refractivity contribution in [1.29, 1.82) is 0 Å². The molecule has 4 heteroatoms. The second kappa shape index (κ2) is 4.88. The van der Waals surface area contributed by atoms with E-state index in [1.165, 1.54) is 5.56 Å². The minimum absolute atomic E-state index is 0.0327. The molecule has 1 aromatic heterocycles. The predicted molar refractivity (Wildman–Crippen MR) is 76.1 cm³/mol. The Kier molecular flexibility index (Phi) is 3.07. The van der Waals surface area contributed by atoms with Crippen molar-refractivity contribution in [2.24, 2.45) is 11.0 Å². The van der Waals surface area contributed by atoms with E-state index < -0.39 is 0 Å². The average Bonchev–Trinajstić information content (AvgIpc) is 3.20. The third-order valence-corrected chi connectivity index (χ3v) is 3.54. The van der Waals surface area contributed by atoms with Gasteiger partial charge in [0.05, 0.1) is 6.21 Å². The van der Waals surface area contributed by atoms with Crippen LogP contribution >= 0.6 is 0 Å². The van der Waals surface area contributed by atoms with E-state index in [9.17, 15) is 4.79 Å². The second-order valence-electron chi connectivity index (χ2n) is 4.95. The number of fused-ring (bicyclic) bond motifs is 1. The maximum atomic E-state index is 11.5. The summed E-state index contributed by atoms with van der Waals surface area (Å²) in [6.45, 7) is 2.14. The molecule has 2 aromatic rings. The van der Waals surface area contributed by atoms with Gasteiger partial charge in [0, 0.05) is 28.6 Å². The molecule has 0 unspecified atom stereocenters. The van der Waals surface area contributed by atoms with Crippen LogP contribution < -0.4 is 5.43 Å². The van der Waals surface area contributed by atoms with Crippen LogP contribution in [0.3, 0.4) is 0 Å². The zero-order chi connectivity index (χ0) is 13.2. The molecule has 1 heterocycles. The molecule has 19 heavy (non-hydrogen) atoms. The van der Waals surface area contributed by atoms with Gasteiger partial charge in [-0.25, -0.2) is 5.43 Å². The number of nitrogens with zero attached hydrogens (tertiary/aromatic N) is 1. The van der Waals surface area contributed by atoms with Crippen LogP contribution in [0.4, 0.5) is 0 Å². The highest BCUT2D eigenvalue weighted by molar-refractivity contribution is 6.00. The quantitative estimate of drug-likeness (QED) is 0.640. The molecule has 98 valence electrons. The average molecular weight is 255 g/mol. The first kappa shape index (κ1) is 12.0. The zero-order valence-electron chi connectivity index (χ0n) is 10.9. The Morgan fingerprint density at radius 1 is 1.53 bits per heavy atom. The molecule has 0 spiro atoms. The molecule has 3 rings (SSSR count).